The van der Waals surface area contributed by atoms with Crippen LogP contribution in [0.2, 0.25) is 0 Å². The largest absolute Gasteiger partial charge is 0.497 e. The van der Waals surface area contributed by atoms with Crippen molar-refractivity contribution in [3.8, 4) is 22.6 Å². The second kappa shape index (κ2) is 5.48. The molecule has 1 aromatic carbocycles. The molecule has 2 N–H and O–H groups in total. The van der Waals surface area contributed by atoms with Crippen molar-refractivity contribution < 1.29 is 19.4 Å². The van der Waals surface area contributed by atoms with E-state index in [2.05, 4.69) is 4.98 Å². The lowest BCUT2D eigenvalue weighted by Gasteiger charge is -2.10. The molecule has 2 rings (SSSR count). The third kappa shape index (κ3) is 2.64. The first-order valence-corrected chi connectivity index (χ1v) is 5.74. The molecule has 0 radical (unpaired) electrons. The van der Waals surface area contributed by atoms with Crippen LogP contribution < -0.4 is 15.0 Å². The lowest BCUT2D eigenvalue weighted by atomic mass is 10.0. The van der Waals surface area contributed by atoms with Crippen molar-refractivity contribution in [2.24, 2.45) is 0 Å². The van der Waals surface area contributed by atoms with E-state index in [9.17, 15) is 14.7 Å². The summed E-state index contributed by atoms with van der Waals surface area (Å²) in [6.07, 6.45) is 1.36. The average molecular weight is 275 g/mol. The number of hydrogen-bond acceptors (Lipinski definition) is 4. The van der Waals surface area contributed by atoms with Gasteiger partial charge in [0.1, 0.15) is 11.5 Å². The topological polar surface area (TPSA) is 88.6 Å². The molecule has 0 spiro atoms. The van der Waals surface area contributed by atoms with E-state index >= 15 is 0 Å². The Morgan fingerprint density at radius 3 is 2.20 bits per heavy atom. The number of H-pyrrole nitrogens is 1. The lowest BCUT2D eigenvalue weighted by Crippen LogP contribution is -2.10. The van der Waals surface area contributed by atoms with Crippen LogP contribution in [0.3, 0.4) is 0 Å². The van der Waals surface area contributed by atoms with E-state index in [1.807, 2.05) is 0 Å². The number of pyridine rings is 1. The summed E-state index contributed by atoms with van der Waals surface area (Å²) in [7, 11) is 3.01. The van der Waals surface area contributed by atoms with Gasteiger partial charge in [0, 0.05) is 23.9 Å². The van der Waals surface area contributed by atoms with Crippen LogP contribution in [0.4, 0.5) is 0 Å². The van der Waals surface area contributed by atoms with E-state index in [1.165, 1.54) is 20.4 Å². The molecule has 0 fully saturated rings. The summed E-state index contributed by atoms with van der Waals surface area (Å²) in [5.41, 5.74) is 0.411. The zero-order chi connectivity index (χ0) is 14.7. The minimum absolute atomic E-state index is 0.0796. The minimum atomic E-state index is -1.17. The molecule has 104 valence electrons. The summed E-state index contributed by atoms with van der Waals surface area (Å²) >= 11 is 0. The third-order valence-corrected chi connectivity index (χ3v) is 2.82. The average Bonchev–Trinajstić information content (AvgIpc) is 2.46. The molecule has 2 aromatic rings. The number of aromatic carboxylic acids is 1. The maximum absolute atomic E-state index is 11.3. The summed E-state index contributed by atoms with van der Waals surface area (Å²) in [6, 6.07) is 6.06. The van der Waals surface area contributed by atoms with Crippen molar-refractivity contribution in [1.29, 1.82) is 0 Å². The van der Waals surface area contributed by atoms with Crippen molar-refractivity contribution in [2.75, 3.05) is 14.2 Å². The number of carbonyl (C=O) groups is 1. The summed E-state index contributed by atoms with van der Waals surface area (Å²) < 4.78 is 10.3. The molecule has 0 unspecified atom stereocenters. The number of ether oxygens (including phenoxy) is 2. The molecule has 0 saturated heterocycles. The Bertz CT molecular complexity index is 683. The number of hydrogen-bond donors (Lipinski definition) is 2. The van der Waals surface area contributed by atoms with Crippen molar-refractivity contribution in [3.05, 3.63) is 46.4 Å². The Balaban J connectivity index is 2.67. The first-order chi connectivity index (χ1) is 9.55. The van der Waals surface area contributed by atoms with Gasteiger partial charge in [0.05, 0.1) is 19.8 Å². The number of aromatic nitrogens is 1. The molecule has 0 amide bonds. The van der Waals surface area contributed by atoms with Gasteiger partial charge in [-0.15, -0.1) is 0 Å². The standard InChI is InChI=1S/C14H13NO5/c1-19-9-3-8(4-10(5-9)20-2)12-7-15-13(16)6-11(12)14(17)18/h3-7H,1-2H3,(H,15,16)(H,17,18). The fourth-order valence-corrected chi connectivity index (χ4v) is 1.85. The van der Waals surface area contributed by atoms with Crippen LogP contribution in [0.1, 0.15) is 10.4 Å². The van der Waals surface area contributed by atoms with Crippen LogP contribution in [0.15, 0.2) is 35.3 Å². The summed E-state index contributed by atoms with van der Waals surface area (Å²) in [5.74, 6) is -0.114. The SMILES string of the molecule is COc1cc(OC)cc(-c2c[nH]c(=O)cc2C(=O)O)c1. The second-order valence-electron chi connectivity index (χ2n) is 4.03. The smallest absolute Gasteiger partial charge is 0.336 e. The summed E-state index contributed by atoms with van der Waals surface area (Å²) in [5, 5.41) is 9.19. The van der Waals surface area contributed by atoms with Crippen LogP contribution in [0.5, 0.6) is 11.5 Å². The maximum Gasteiger partial charge on any atom is 0.336 e. The number of carboxylic acid groups (broad SMARTS) is 1. The maximum atomic E-state index is 11.3. The van der Waals surface area contributed by atoms with Crippen LogP contribution >= 0.6 is 0 Å². The Morgan fingerprint density at radius 1 is 1.10 bits per heavy atom. The van der Waals surface area contributed by atoms with Gasteiger partial charge < -0.3 is 19.6 Å². The van der Waals surface area contributed by atoms with Gasteiger partial charge >= 0.3 is 5.97 Å². The van der Waals surface area contributed by atoms with Crippen molar-refractivity contribution in [3.63, 3.8) is 0 Å². The Hall–Kier alpha value is -2.76. The molecule has 0 atom stereocenters. The van der Waals surface area contributed by atoms with Gasteiger partial charge in [-0.2, -0.15) is 0 Å². The van der Waals surface area contributed by atoms with Gasteiger partial charge in [-0.25, -0.2) is 4.79 Å². The highest BCUT2D eigenvalue weighted by molar-refractivity contribution is 5.95. The van der Waals surface area contributed by atoms with Gasteiger partial charge in [0.25, 0.3) is 0 Å². The van der Waals surface area contributed by atoms with Crippen molar-refractivity contribution in [2.45, 2.75) is 0 Å². The number of aromatic amines is 1. The number of carboxylic acids is 1. The number of benzene rings is 1. The molecule has 1 aromatic heterocycles. The van der Waals surface area contributed by atoms with Gasteiger partial charge in [-0.3, -0.25) is 4.79 Å². The highest BCUT2D eigenvalue weighted by atomic mass is 16.5. The monoisotopic (exact) mass is 275 g/mol. The lowest BCUT2D eigenvalue weighted by molar-refractivity contribution is 0.0697. The number of rotatable bonds is 4. The van der Waals surface area contributed by atoms with E-state index in [0.717, 1.165) is 6.07 Å². The van der Waals surface area contributed by atoms with Gasteiger partial charge in [-0.1, -0.05) is 0 Å². The highest BCUT2D eigenvalue weighted by Gasteiger charge is 2.14. The first-order valence-electron chi connectivity index (χ1n) is 5.74. The molecule has 0 aliphatic rings. The quantitative estimate of drug-likeness (QED) is 0.887. The van der Waals surface area contributed by atoms with Crippen molar-refractivity contribution >= 4 is 5.97 Å². The Morgan fingerprint density at radius 2 is 1.70 bits per heavy atom. The van der Waals surface area contributed by atoms with E-state index in [0.29, 0.717) is 22.6 Å². The minimum Gasteiger partial charge on any atom is -0.497 e. The van der Waals surface area contributed by atoms with E-state index < -0.39 is 11.5 Å². The van der Waals surface area contributed by atoms with Crippen LogP contribution in [0.25, 0.3) is 11.1 Å². The van der Waals surface area contributed by atoms with Gasteiger partial charge in [0.15, 0.2) is 0 Å². The van der Waals surface area contributed by atoms with Gasteiger partial charge in [-0.05, 0) is 17.7 Å². The normalized spacial score (nSPS) is 10.1. The molecule has 1 heterocycles. The van der Waals surface area contributed by atoms with Crippen molar-refractivity contribution in [1.82, 2.24) is 4.98 Å². The number of methoxy groups -OCH3 is 2. The summed E-state index contributed by atoms with van der Waals surface area (Å²) in [6.45, 7) is 0. The predicted octanol–water partition coefficient (Wildman–Crippen LogP) is 1.76. The molecule has 6 heteroatoms. The Labute approximate surface area is 114 Å². The molecular formula is C14H13NO5. The van der Waals surface area contributed by atoms with E-state index in [1.54, 1.807) is 18.2 Å². The third-order valence-electron chi connectivity index (χ3n) is 2.82. The molecule has 6 nitrogen and oxygen atoms in total. The molecule has 0 bridgehead atoms. The zero-order valence-electron chi connectivity index (χ0n) is 11.0. The molecule has 0 aliphatic carbocycles. The number of nitrogens with one attached hydrogen (secondary N) is 1. The van der Waals surface area contributed by atoms with Crippen LogP contribution in [0, 0.1) is 0 Å². The predicted molar refractivity (Wildman–Crippen MR) is 72.6 cm³/mol. The molecule has 20 heavy (non-hydrogen) atoms. The summed E-state index contributed by atoms with van der Waals surface area (Å²) in [4.78, 5) is 25.0. The first kappa shape index (κ1) is 13.7. The van der Waals surface area contributed by atoms with Gasteiger partial charge in [0.2, 0.25) is 5.56 Å². The van der Waals surface area contributed by atoms with Crippen LogP contribution in [-0.2, 0) is 0 Å². The second-order valence-corrected chi connectivity index (χ2v) is 4.03. The molecule has 0 aliphatic heterocycles. The fraction of sp³-hybridized carbons (Fsp3) is 0.143. The Kier molecular flexibility index (Phi) is 3.74. The van der Waals surface area contributed by atoms with E-state index in [4.69, 9.17) is 9.47 Å². The highest BCUT2D eigenvalue weighted by Crippen LogP contribution is 2.30. The van der Waals surface area contributed by atoms with Crippen LogP contribution in [-0.4, -0.2) is 30.3 Å². The fourth-order valence-electron chi connectivity index (χ4n) is 1.85. The molecule has 0 saturated carbocycles. The zero-order valence-corrected chi connectivity index (χ0v) is 11.0. The van der Waals surface area contributed by atoms with E-state index in [-0.39, 0.29) is 5.56 Å². The molecular weight excluding hydrogens is 262 g/mol.